The summed E-state index contributed by atoms with van der Waals surface area (Å²) in [7, 11) is 0. The lowest BCUT2D eigenvalue weighted by Crippen LogP contribution is -2.25. The van der Waals surface area contributed by atoms with Crippen LogP contribution in [0, 0.1) is 0 Å². The molecule has 0 bridgehead atoms. The third kappa shape index (κ3) is 2.44. The fourth-order valence-electron chi connectivity index (χ4n) is 1.40. The Morgan fingerprint density at radius 2 is 2.29 bits per heavy atom. The molecule has 1 aromatic carbocycles. The van der Waals surface area contributed by atoms with E-state index in [0.29, 0.717) is 5.56 Å². The number of nitrogens with zero attached hydrogens (tertiary/aromatic N) is 2. The van der Waals surface area contributed by atoms with Gasteiger partial charge >= 0.3 is 5.76 Å². The molecule has 0 fully saturated rings. The fourth-order valence-corrected chi connectivity index (χ4v) is 1.80. The van der Waals surface area contributed by atoms with Gasteiger partial charge in [-0.1, -0.05) is 33.2 Å². The first-order valence-electron chi connectivity index (χ1n) is 4.68. The summed E-state index contributed by atoms with van der Waals surface area (Å²) in [5.74, 6) is -1.07. The van der Waals surface area contributed by atoms with Crippen LogP contribution in [-0.4, -0.2) is 15.6 Å². The Morgan fingerprint density at radius 1 is 1.53 bits per heavy atom. The lowest BCUT2D eigenvalue weighted by molar-refractivity contribution is -0.118. The van der Waals surface area contributed by atoms with E-state index in [1.807, 2.05) is 6.07 Å². The highest BCUT2D eigenvalue weighted by molar-refractivity contribution is 9.10. The average Bonchev–Trinajstić information content (AvgIpc) is 2.60. The molecule has 17 heavy (non-hydrogen) atoms. The molecule has 6 nitrogen and oxygen atoms in total. The SMILES string of the molecule is NC(=O)Cn1c(-c2cccc(Br)c2)noc1=O. The van der Waals surface area contributed by atoms with Gasteiger partial charge in [-0.2, -0.15) is 0 Å². The zero-order chi connectivity index (χ0) is 12.4. The van der Waals surface area contributed by atoms with Crippen LogP contribution in [0.25, 0.3) is 11.4 Å². The molecule has 2 N–H and O–H groups in total. The quantitative estimate of drug-likeness (QED) is 0.905. The van der Waals surface area contributed by atoms with Gasteiger partial charge in [0.1, 0.15) is 6.54 Å². The summed E-state index contributed by atoms with van der Waals surface area (Å²) in [4.78, 5) is 22.2. The van der Waals surface area contributed by atoms with E-state index in [2.05, 4.69) is 25.6 Å². The van der Waals surface area contributed by atoms with Gasteiger partial charge in [-0.3, -0.25) is 9.32 Å². The predicted octanol–water partition coefficient (Wildman–Crippen LogP) is 0.751. The highest BCUT2D eigenvalue weighted by atomic mass is 79.9. The molecule has 1 amide bonds. The fraction of sp³-hybridized carbons (Fsp3) is 0.100. The molecule has 1 aromatic heterocycles. The number of aromatic nitrogens is 2. The Balaban J connectivity index is 2.52. The van der Waals surface area contributed by atoms with E-state index in [4.69, 9.17) is 5.73 Å². The van der Waals surface area contributed by atoms with Crippen molar-refractivity contribution < 1.29 is 9.32 Å². The summed E-state index contributed by atoms with van der Waals surface area (Å²) in [5.41, 5.74) is 5.71. The van der Waals surface area contributed by atoms with Gasteiger partial charge in [0, 0.05) is 10.0 Å². The van der Waals surface area contributed by atoms with Crippen LogP contribution in [-0.2, 0) is 11.3 Å². The molecule has 0 spiro atoms. The van der Waals surface area contributed by atoms with Crippen molar-refractivity contribution in [1.82, 2.24) is 9.72 Å². The molecule has 7 heteroatoms. The molecule has 0 unspecified atom stereocenters. The third-order valence-corrected chi connectivity index (χ3v) is 2.58. The van der Waals surface area contributed by atoms with Gasteiger partial charge in [-0.05, 0) is 12.1 Å². The van der Waals surface area contributed by atoms with E-state index in [1.54, 1.807) is 18.2 Å². The zero-order valence-corrected chi connectivity index (χ0v) is 10.2. The maximum absolute atomic E-state index is 11.3. The Bertz CT molecular complexity index is 617. The number of carbonyl (C=O) groups is 1. The smallest absolute Gasteiger partial charge is 0.368 e. The molecule has 0 aliphatic heterocycles. The number of primary amides is 1. The van der Waals surface area contributed by atoms with Gasteiger partial charge in [0.05, 0.1) is 0 Å². The zero-order valence-electron chi connectivity index (χ0n) is 8.59. The summed E-state index contributed by atoms with van der Waals surface area (Å²) in [6.45, 7) is -0.260. The van der Waals surface area contributed by atoms with E-state index >= 15 is 0 Å². The molecule has 0 aliphatic rings. The van der Waals surface area contributed by atoms with Crippen molar-refractivity contribution in [2.75, 3.05) is 0 Å². The minimum absolute atomic E-state index is 0.260. The Labute approximate surface area is 104 Å². The Hall–Kier alpha value is -1.89. The average molecular weight is 298 g/mol. The van der Waals surface area contributed by atoms with Gasteiger partial charge in [0.25, 0.3) is 0 Å². The third-order valence-electron chi connectivity index (χ3n) is 2.08. The van der Waals surface area contributed by atoms with Crippen LogP contribution in [0.15, 0.2) is 38.1 Å². The maximum atomic E-state index is 11.3. The van der Waals surface area contributed by atoms with E-state index in [1.165, 1.54) is 0 Å². The van der Waals surface area contributed by atoms with Gasteiger partial charge in [0.15, 0.2) is 5.82 Å². The van der Waals surface area contributed by atoms with E-state index in [-0.39, 0.29) is 12.4 Å². The number of rotatable bonds is 3. The molecule has 0 saturated carbocycles. The van der Waals surface area contributed by atoms with Crippen molar-refractivity contribution in [3.8, 4) is 11.4 Å². The number of hydrogen-bond donors (Lipinski definition) is 1. The number of hydrogen-bond acceptors (Lipinski definition) is 4. The van der Waals surface area contributed by atoms with Crippen molar-refractivity contribution in [2.45, 2.75) is 6.54 Å². The molecule has 88 valence electrons. The van der Waals surface area contributed by atoms with Crippen LogP contribution in [0.1, 0.15) is 0 Å². The summed E-state index contributed by atoms with van der Waals surface area (Å²) < 4.78 is 6.44. The second-order valence-electron chi connectivity index (χ2n) is 3.33. The van der Waals surface area contributed by atoms with Crippen molar-refractivity contribution >= 4 is 21.8 Å². The van der Waals surface area contributed by atoms with Crippen LogP contribution < -0.4 is 11.5 Å². The molecule has 0 aliphatic carbocycles. The van der Waals surface area contributed by atoms with Gasteiger partial charge in [-0.25, -0.2) is 9.36 Å². The molecule has 0 radical (unpaired) electrons. The van der Waals surface area contributed by atoms with Crippen LogP contribution >= 0.6 is 15.9 Å². The van der Waals surface area contributed by atoms with Gasteiger partial charge < -0.3 is 5.73 Å². The molecule has 0 saturated heterocycles. The standard InChI is InChI=1S/C10H8BrN3O3/c11-7-3-1-2-6(4-7)9-13-17-10(16)14(9)5-8(12)15/h1-4H,5H2,(H2,12,15). The second kappa shape index (κ2) is 4.54. The lowest BCUT2D eigenvalue weighted by atomic mass is 10.2. The molecular formula is C10H8BrN3O3. The van der Waals surface area contributed by atoms with Crippen LogP contribution in [0.2, 0.25) is 0 Å². The minimum Gasteiger partial charge on any atom is -0.368 e. The Morgan fingerprint density at radius 3 is 2.94 bits per heavy atom. The van der Waals surface area contributed by atoms with E-state index < -0.39 is 11.7 Å². The van der Waals surface area contributed by atoms with Crippen molar-refractivity contribution in [1.29, 1.82) is 0 Å². The first-order valence-corrected chi connectivity index (χ1v) is 5.48. The maximum Gasteiger partial charge on any atom is 0.442 e. The van der Waals surface area contributed by atoms with Crippen molar-refractivity contribution in [3.05, 3.63) is 39.3 Å². The van der Waals surface area contributed by atoms with E-state index in [0.717, 1.165) is 9.04 Å². The summed E-state index contributed by atoms with van der Waals surface area (Å²) >= 11 is 3.30. The van der Waals surface area contributed by atoms with E-state index in [9.17, 15) is 9.59 Å². The highest BCUT2D eigenvalue weighted by Gasteiger charge is 2.14. The predicted molar refractivity (Wildman–Crippen MR) is 63.1 cm³/mol. The Kier molecular flexibility index (Phi) is 3.10. The van der Waals surface area contributed by atoms with Crippen molar-refractivity contribution in [2.24, 2.45) is 5.73 Å². The molecular weight excluding hydrogens is 290 g/mol. The number of benzene rings is 1. The number of amides is 1. The largest absolute Gasteiger partial charge is 0.442 e. The van der Waals surface area contributed by atoms with Crippen LogP contribution in [0.5, 0.6) is 0 Å². The van der Waals surface area contributed by atoms with Gasteiger partial charge in [0.2, 0.25) is 5.91 Å². The molecule has 1 heterocycles. The summed E-state index contributed by atoms with van der Waals surface area (Å²) in [6.07, 6.45) is 0. The number of nitrogens with two attached hydrogens (primary N) is 1. The molecule has 0 atom stereocenters. The second-order valence-corrected chi connectivity index (χ2v) is 4.25. The summed E-state index contributed by atoms with van der Waals surface area (Å²) in [6, 6.07) is 7.13. The van der Waals surface area contributed by atoms with Crippen LogP contribution in [0.4, 0.5) is 0 Å². The topological polar surface area (TPSA) is 91.1 Å². The minimum atomic E-state index is -0.709. The summed E-state index contributed by atoms with van der Waals surface area (Å²) in [5, 5.41) is 3.63. The highest BCUT2D eigenvalue weighted by Crippen LogP contribution is 2.20. The number of halogens is 1. The normalized spacial score (nSPS) is 10.4. The number of carbonyl (C=O) groups excluding carboxylic acids is 1. The van der Waals surface area contributed by atoms with Crippen LogP contribution in [0.3, 0.4) is 0 Å². The lowest BCUT2D eigenvalue weighted by Gasteiger charge is -2.02. The van der Waals surface area contributed by atoms with Gasteiger partial charge in [-0.15, -0.1) is 0 Å². The first kappa shape index (κ1) is 11.6. The molecule has 2 aromatic rings. The first-order chi connectivity index (χ1) is 8.08. The van der Waals surface area contributed by atoms with Crippen molar-refractivity contribution in [3.63, 3.8) is 0 Å². The monoisotopic (exact) mass is 297 g/mol. The molecule has 2 rings (SSSR count).